The first kappa shape index (κ1) is 16.8. The molecule has 3 aromatic rings. The second kappa shape index (κ2) is 6.85. The molecule has 0 saturated carbocycles. The van der Waals surface area contributed by atoms with E-state index in [9.17, 15) is 13.2 Å². The molecular formula is C14H14N4O3S3. The van der Waals surface area contributed by atoms with Gasteiger partial charge in [0.2, 0.25) is 5.91 Å². The van der Waals surface area contributed by atoms with Crippen molar-refractivity contribution in [3.8, 4) is 10.6 Å². The molecule has 0 unspecified atom stereocenters. The number of nitrogens with one attached hydrogen (secondary N) is 3. The van der Waals surface area contributed by atoms with E-state index in [2.05, 4.69) is 20.2 Å². The highest BCUT2D eigenvalue weighted by Crippen LogP contribution is 2.29. The summed E-state index contributed by atoms with van der Waals surface area (Å²) in [7, 11) is -3.66. The summed E-state index contributed by atoms with van der Waals surface area (Å²) in [6, 6.07) is 7.00. The summed E-state index contributed by atoms with van der Waals surface area (Å²) >= 11 is 2.65. The van der Waals surface area contributed by atoms with Gasteiger partial charge in [0.15, 0.2) is 5.82 Å². The van der Waals surface area contributed by atoms with Crippen molar-refractivity contribution < 1.29 is 13.2 Å². The lowest BCUT2D eigenvalue weighted by molar-refractivity contribution is -0.115. The van der Waals surface area contributed by atoms with Crippen LogP contribution < -0.4 is 10.0 Å². The van der Waals surface area contributed by atoms with Crippen molar-refractivity contribution in [2.45, 2.75) is 11.1 Å². The molecule has 0 atom stereocenters. The van der Waals surface area contributed by atoms with Gasteiger partial charge in [0.05, 0.1) is 17.1 Å². The quantitative estimate of drug-likeness (QED) is 0.609. The van der Waals surface area contributed by atoms with Crippen molar-refractivity contribution in [2.75, 3.05) is 11.9 Å². The van der Waals surface area contributed by atoms with E-state index in [-0.39, 0.29) is 10.8 Å². The van der Waals surface area contributed by atoms with E-state index < -0.39 is 15.9 Å². The summed E-state index contributed by atoms with van der Waals surface area (Å²) in [4.78, 5) is 13.0. The van der Waals surface area contributed by atoms with E-state index in [1.807, 2.05) is 24.4 Å². The SMILES string of the molecule is Cc1c(NC(=O)CNS(=O)(=O)c2cccs2)n[nH]c1-c1cccs1. The van der Waals surface area contributed by atoms with E-state index in [1.165, 1.54) is 6.07 Å². The monoisotopic (exact) mass is 382 g/mol. The number of hydrogen-bond acceptors (Lipinski definition) is 6. The minimum Gasteiger partial charge on any atom is -0.308 e. The van der Waals surface area contributed by atoms with Crippen molar-refractivity contribution in [1.82, 2.24) is 14.9 Å². The Morgan fingerprint density at radius 1 is 1.25 bits per heavy atom. The number of carbonyl (C=O) groups is 1. The Labute approximate surface area is 146 Å². The second-order valence-electron chi connectivity index (χ2n) is 4.85. The van der Waals surface area contributed by atoms with Gasteiger partial charge in [-0.25, -0.2) is 13.1 Å². The maximum atomic E-state index is 12.0. The molecule has 0 fully saturated rings. The summed E-state index contributed by atoms with van der Waals surface area (Å²) in [6.45, 7) is 1.48. The molecule has 1 amide bonds. The summed E-state index contributed by atoms with van der Waals surface area (Å²) in [5.74, 6) is -0.0961. The van der Waals surface area contributed by atoms with Crippen LogP contribution in [0.4, 0.5) is 5.82 Å². The number of nitrogens with zero attached hydrogens (tertiary/aromatic N) is 1. The van der Waals surface area contributed by atoms with Crippen LogP contribution in [0.15, 0.2) is 39.2 Å². The van der Waals surface area contributed by atoms with Crippen LogP contribution in [0.1, 0.15) is 5.56 Å². The molecule has 0 bridgehead atoms. The van der Waals surface area contributed by atoms with Gasteiger partial charge in [-0.15, -0.1) is 22.7 Å². The number of rotatable bonds is 6. The lowest BCUT2D eigenvalue weighted by Gasteiger charge is -2.05. The van der Waals surface area contributed by atoms with Crippen LogP contribution in [0.2, 0.25) is 0 Å². The van der Waals surface area contributed by atoms with Gasteiger partial charge in [-0.2, -0.15) is 5.10 Å². The summed E-state index contributed by atoms with van der Waals surface area (Å²) in [5.41, 5.74) is 1.63. The van der Waals surface area contributed by atoms with E-state index in [0.717, 1.165) is 27.5 Å². The Bertz CT molecular complexity index is 928. The van der Waals surface area contributed by atoms with E-state index in [0.29, 0.717) is 5.82 Å². The first-order valence-electron chi connectivity index (χ1n) is 6.89. The predicted octanol–water partition coefficient (Wildman–Crippen LogP) is 2.43. The van der Waals surface area contributed by atoms with Gasteiger partial charge in [0.25, 0.3) is 10.0 Å². The zero-order valence-corrected chi connectivity index (χ0v) is 15.0. The molecule has 3 N–H and O–H groups in total. The zero-order valence-electron chi connectivity index (χ0n) is 12.6. The maximum Gasteiger partial charge on any atom is 0.250 e. The van der Waals surface area contributed by atoms with Gasteiger partial charge >= 0.3 is 0 Å². The molecule has 0 saturated heterocycles. The average Bonchev–Trinajstić information content (AvgIpc) is 3.28. The highest BCUT2D eigenvalue weighted by atomic mass is 32.2. The third kappa shape index (κ3) is 3.56. The molecule has 3 rings (SSSR count). The lowest BCUT2D eigenvalue weighted by atomic mass is 10.2. The minimum absolute atomic E-state index is 0.172. The first-order valence-corrected chi connectivity index (χ1v) is 10.1. The molecule has 3 heterocycles. The smallest absolute Gasteiger partial charge is 0.250 e. The predicted molar refractivity (Wildman–Crippen MR) is 94.8 cm³/mol. The number of aromatic amines is 1. The Morgan fingerprint density at radius 2 is 2.00 bits per heavy atom. The summed E-state index contributed by atoms with van der Waals surface area (Å²) in [6.07, 6.45) is 0. The minimum atomic E-state index is -3.66. The Balaban J connectivity index is 1.64. The largest absolute Gasteiger partial charge is 0.308 e. The second-order valence-corrected chi connectivity index (χ2v) is 8.74. The number of aromatic nitrogens is 2. The van der Waals surface area contributed by atoms with Crippen molar-refractivity contribution in [2.24, 2.45) is 0 Å². The van der Waals surface area contributed by atoms with E-state index >= 15 is 0 Å². The maximum absolute atomic E-state index is 12.0. The van der Waals surface area contributed by atoms with Crippen molar-refractivity contribution in [3.05, 3.63) is 40.6 Å². The van der Waals surface area contributed by atoms with Crippen LogP contribution in [0.3, 0.4) is 0 Å². The number of sulfonamides is 1. The number of hydrogen-bond donors (Lipinski definition) is 3. The fourth-order valence-electron chi connectivity index (χ4n) is 2.00. The van der Waals surface area contributed by atoms with Gasteiger partial charge in [-0.05, 0) is 29.8 Å². The number of carbonyl (C=O) groups excluding carboxylic acids is 1. The van der Waals surface area contributed by atoms with Crippen LogP contribution in [0, 0.1) is 6.92 Å². The number of H-pyrrole nitrogens is 1. The van der Waals surface area contributed by atoms with Crippen molar-refractivity contribution in [1.29, 1.82) is 0 Å². The molecule has 0 aliphatic heterocycles. The van der Waals surface area contributed by atoms with Gasteiger partial charge in [-0.1, -0.05) is 12.1 Å². The van der Waals surface area contributed by atoms with E-state index in [4.69, 9.17) is 0 Å². The Hall–Kier alpha value is -2.01. The standard InChI is InChI=1S/C14H14N4O3S3/c1-9-13(10-4-2-6-22-10)17-18-14(9)16-11(19)8-15-24(20,21)12-5-3-7-23-12/h2-7,15H,8H2,1H3,(H2,16,17,18,19). The normalized spacial score (nSPS) is 11.5. The molecule has 10 heteroatoms. The molecule has 3 aromatic heterocycles. The molecule has 0 spiro atoms. The Morgan fingerprint density at radius 3 is 2.67 bits per heavy atom. The van der Waals surface area contributed by atoms with Crippen LogP contribution in [0.5, 0.6) is 0 Å². The van der Waals surface area contributed by atoms with E-state index in [1.54, 1.807) is 22.8 Å². The molecule has 126 valence electrons. The molecule has 7 nitrogen and oxygen atoms in total. The van der Waals surface area contributed by atoms with Gasteiger partial charge in [0, 0.05) is 5.56 Å². The number of amides is 1. The fourth-order valence-corrected chi connectivity index (χ4v) is 4.80. The first-order chi connectivity index (χ1) is 11.5. The number of thiophene rings is 2. The molecule has 0 aromatic carbocycles. The topological polar surface area (TPSA) is 104 Å². The molecule has 0 aliphatic carbocycles. The third-order valence-corrected chi connectivity index (χ3v) is 6.90. The zero-order chi connectivity index (χ0) is 17.2. The third-order valence-electron chi connectivity index (χ3n) is 3.22. The van der Waals surface area contributed by atoms with Crippen molar-refractivity contribution >= 4 is 44.4 Å². The van der Waals surface area contributed by atoms with Gasteiger partial charge in [0.1, 0.15) is 4.21 Å². The molecule has 24 heavy (non-hydrogen) atoms. The number of anilines is 1. The highest BCUT2D eigenvalue weighted by molar-refractivity contribution is 7.91. The van der Waals surface area contributed by atoms with Crippen LogP contribution in [-0.2, 0) is 14.8 Å². The fraction of sp³-hybridized carbons (Fsp3) is 0.143. The summed E-state index contributed by atoms with van der Waals surface area (Å²) < 4.78 is 26.4. The van der Waals surface area contributed by atoms with Crippen molar-refractivity contribution in [3.63, 3.8) is 0 Å². The van der Waals surface area contributed by atoms with Crippen LogP contribution in [-0.4, -0.2) is 31.1 Å². The van der Waals surface area contributed by atoms with Gasteiger partial charge < -0.3 is 5.32 Å². The van der Waals surface area contributed by atoms with Crippen LogP contribution >= 0.6 is 22.7 Å². The molecule has 0 radical (unpaired) electrons. The average molecular weight is 382 g/mol. The van der Waals surface area contributed by atoms with Gasteiger partial charge in [-0.3, -0.25) is 9.89 Å². The summed E-state index contributed by atoms with van der Waals surface area (Å²) in [5, 5.41) is 13.2. The Kier molecular flexibility index (Phi) is 4.81. The highest BCUT2D eigenvalue weighted by Gasteiger charge is 2.18. The van der Waals surface area contributed by atoms with Crippen LogP contribution in [0.25, 0.3) is 10.6 Å². The molecular weight excluding hydrogens is 368 g/mol. The lowest BCUT2D eigenvalue weighted by Crippen LogP contribution is -2.32. The molecule has 0 aliphatic rings.